The van der Waals surface area contributed by atoms with E-state index in [1.807, 2.05) is 0 Å². The molecule has 0 bridgehead atoms. The van der Waals surface area contributed by atoms with Crippen LogP contribution >= 0.6 is 11.2 Å². The van der Waals surface area contributed by atoms with Crippen molar-refractivity contribution >= 4 is 28.6 Å². The lowest BCUT2D eigenvalue weighted by molar-refractivity contribution is -0.102. The molecular formula is C5H6N2O3S. The van der Waals surface area contributed by atoms with Gasteiger partial charge in [0.1, 0.15) is 0 Å². The molecule has 1 unspecified atom stereocenters. The summed E-state index contributed by atoms with van der Waals surface area (Å²) in [6.07, 6.45) is 1.07. The van der Waals surface area contributed by atoms with Gasteiger partial charge in [-0.2, -0.15) is 0 Å². The fraction of sp³-hybridized carbons (Fsp3) is 0. The van der Waals surface area contributed by atoms with Crippen LogP contribution in [0.15, 0.2) is 16.6 Å². The van der Waals surface area contributed by atoms with Gasteiger partial charge in [-0.05, 0) is 11.2 Å². The van der Waals surface area contributed by atoms with Crippen LogP contribution in [0.1, 0.15) is 0 Å². The Labute approximate surface area is 65.5 Å². The van der Waals surface area contributed by atoms with Crippen molar-refractivity contribution in [1.29, 1.82) is 0 Å². The van der Waals surface area contributed by atoms with Crippen LogP contribution in [0.2, 0.25) is 0 Å². The fourth-order valence-electron chi connectivity index (χ4n) is 0.560. The van der Waals surface area contributed by atoms with Gasteiger partial charge in [-0.25, -0.2) is 9.79 Å². The lowest BCUT2D eigenvalue weighted by Gasteiger charge is -2.09. The van der Waals surface area contributed by atoms with E-state index in [0.717, 1.165) is 0 Å². The lowest BCUT2D eigenvalue weighted by atomic mass is 10.8. The van der Waals surface area contributed by atoms with E-state index in [1.165, 1.54) is 11.6 Å². The molecule has 1 atom stereocenters. The number of aliphatic imine (C=N–C) groups is 1. The first-order valence-electron chi connectivity index (χ1n) is 2.70. The van der Waals surface area contributed by atoms with E-state index in [4.69, 9.17) is 5.73 Å². The normalized spacial score (nSPS) is 24.4. The third-order valence-electron chi connectivity index (χ3n) is 0.928. The summed E-state index contributed by atoms with van der Waals surface area (Å²) < 4.78 is 4.57. The smallest absolute Gasteiger partial charge is 0.392 e. The van der Waals surface area contributed by atoms with Gasteiger partial charge in [0, 0.05) is 11.6 Å². The van der Waals surface area contributed by atoms with Crippen molar-refractivity contribution in [3.63, 3.8) is 0 Å². The van der Waals surface area contributed by atoms with Crippen LogP contribution in [0, 0.1) is 0 Å². The Bertz CT molecular complexity index is 248. The molecule has 0 aromatic carbocycles. The van der Waals surface area contributed by atoms with Gasteiger partial charge >= 0.3 is 6.09 Å². The predicted molar refractivity (Wildman–Crippen MR) is 42.3 cm³/mol. The molecule has 1 rings (SSSR count). The van der Waals surface area contributed by atoms with Gasteiger partial charge in [0.05, 0.1) is 0 Å². The summed E-state index contributed by atoms with van der Waals surface area (Å²) in [6, 6.07) is 0. The zero-order valence-electron chi connectivity index (χ0n) is 5.43. The van der Waals surface area contributed by atoms with Gasteiger partial charge in [0.15, 0.2) is 11.3 Å². The van der Waals surface area contributed by atoms with E-state index >= 15 is 0 Å². The second-order valence-corrected chi connectivity index (χ2v) is 3.23. The maximum atomic E-state index is 10.2. The monoisotopic (exact) mass is 174 g/mol. The van der Waals surface area contributed by atoms with Crippen molar-refractivity contribution in [3.8, 4) is 0 Å². The largest absolute Gasteiger partial charge is 0.415 e. The second kappa shape index (κ2) is 3.20. The SMILES string of the molecule is NC(=O)O[SH]1C=CN=C1C=O. The van der Waals surface area contributed by atoms with Crippen LogP contribution in [0.3, 0.4) is 0 Å². The maximum absolute atomic E-state index is 10.2. The first-order valence-corrected chi connectivity index (χ1v) is 4.03. The fourth-order valence-corrected chi connectivity index (χ4v) is 1.53. The first-order chi connectivity index (χ1) is 5.24. The molecule has 5 nitrogen and oxygen atoms in total. The summed E-state index contributed by atoms with van der Waals surface area (Å²) in [5.74, 6) is 0. The Hall–Kier alpha value is -1.30. The first kappa shape index (κ1) is 7.80. The minimum atomic E-state index is -1.32. The number of thiol groups is 1. The van der Waals surface area contributed by atoms with Crippen molar-refractivity contribution in [2.75, 3.05) is 0 Å². The molecule has 0 saturated heterocycles. The molecular weight excluding hydrogens is 168 g/mol. The van der Waals surface area contributed by atoms with E-state index in [2.05, 4.69) is 9.18 Å². The minimum Gasteiger partial charge on any atom is -0.392 e. The number of nitrogens with zero attached hydrogens (tertiary/aromatic N) is 1. The van der Waals surface area contributed by atoms with Crippen molar-refractivity contribution in [2.45, 2.75) is 0 Å². The molecule has 0 saturated carbocycles. The highest BCUT2D eigenvalue weighted by Gasteiger charge is 2.14. The third kappa shape index (κ3) is 1.81. The molecule has 60 valence electrons. The molecule has 0 aromatic heterocycles. The minimum absolute atomic E-state index is 0.221. The van der Waals surface area contributed by atoms with Crippen LogP contribution in [-0.4, -0.2) is 17.4 Å². The van der Waals surface area contributed by atoms with Crippen LogP contribution < -0.4 is 5.73 Å². The summed E-state index contributed by atoms with van der Waals surface area (Å²) in [7, 11) is 0. The van der Waals surface area contributed by atoms with E-state index in [-0.39, 0.29) is 5.04 Å². The Morgan fingerprint density at radius 3 is 3.09 bits per heavy atom. The number of hydrogen-bond acceptors (Lipinski definition) is 4. The molecule has 0 aromatic rings. The average molecular weight is 174 g/mol. The second-order valence-electron chi connectivity index (χ2n) is 1.64. The zero-order chi connectivity index (χ0) is 8.27. The van der Waals surface area contributed by atoms with Gasteiger partial charge in [-0.3, -0.25) is 4.79 Å². The number of nitrogens with two attached hydrogens (primary N) is 1. The number of aldehydes is 1. The molecule has 11 heavy (non-hydrogen) atoms. The standard InChI is InChI=1S/C5H6N2O3S/c6-5(9)10-11-2-1-7-4(11)3-8/h1-3,11H,(H2,6,9). The number of amides is 1. The molecule has 2 N–H and O–H groups in total. The van der Waals surface area contributed by atoms with Gasteiger partial charge in [0.2, 0.25) is 0 Å². The Balaban J connectivity index is 2.60. The molecule has 6 heteroatoms. The predicted octanol–water partition coefficient (Wildman–Crippen LogP) is 0.0801. The molecule has 0 fully saturated rings. The van der Waals surface area contributed by atoms with Crippen molar-refractivity contribution in [2.24, 2.45) is 10.7 Å². The van der Waals surface area contributed by atoms with Gasteiger partial charge < -0.3 is 9.92 Å². The van der Waals surface area contributed by atoms with Crippen molar-refractivity contribution < 1.29 is 13.8 Å². The van der Waals surface area contributed by atoms with Gasteiger partial charge in [-0.1, -0.05) is 0 Å². The van der Waals surface area contributed by atoms with Crippen LogP contribution in [0.25, 0.3) is 0 Å². The Morgan fingerprint density at radius 1 is 1.82 bits per heavy atom. The Morgan fingerprint density at radius 2 is 2.55 bits per heavy atom. The highest BCUT2D eigenvalue weighted by molar-refractivity contribution is 8.30. The van der Waals surface area contributed by atoms with Gasteiger partial charge in [0.25, 0.3) is 0 Å². The van der Waals surface area contributed by atoms with Crippen molar-refractivity contribution in [1.82, 2.24) is 0 Å². The number of carbonyl (C=O) groups is 2. The van der Waals surface area contributed by atoms with E-state index in [1.54, 1.807) is 0 Å². The van der Waals surface area contributed by atoms with E-state index < -0.39 is 17.3 Å². The summed E-state index contributed by atoms with van der Waals surface area (Å²) in [5, 5.41) is 1.75. The average Bonchev–Trinajstić information content (AvgIpc) is 2.34. The molecule has 1 aliphatic heterocycles. The van der Waals surface area contributed by atoms with E-state index in [9.17, 15) is 9.59 Å². The summed E-state index contributed by atoms with van der Waals surface area (Å²) in [6.45, 7) is 0. The zero-order valence-corrected chi connectivity index (χ0v) is 6.32. The summed E-state index contributed by atoms with van der Waals surface area (Å²) in [5.41, 5.74) is 4.74. The quantitative estimate of drug-likeness (QED) is 0.459. The number of rotatable bonds is 2. The molecule has 1 heterocycles. The molecule has 1 aliphatic rings. The maximum Gasteiger partial charge on any atom is 0.415 e. The van der Waals surface area contributed by atoms with Crippen LogP contribution in [-0.2, 0) is 8.98 Å². The highest BCUT2D eigenvalue weighted by Crippen LogP contribution is 2.33. The van der Waals surface area contributed by atoms with Crippen LogP contribution in [0.4, 0.5) is 4.79 Å². The molecule has 0 spiro atoms. The molecule has 1 amide bonds. The number of carbonyl (C=O) groups excluding carboxylic acids is 2. The summed E-state index contributed by atoms with van der Waals surface area (Å²) in [4.78, 5) is 24.1. The Kier molecular flexibility index (Phi) is 2.27. The topological polar surface area (TPSA) is 81.8 Å². The van der Waals surface area contributed by atoms with E-state index in [0.29, 0.717) is 6.29 Å². The highest BCUT2D eigenvalue weighted by atomic mass is 32.2. The van der Waals surface area contributed by atoms with Crippen LogP contribution in [0.5, 0.6) is 0 Å². The number of primary amides is 1. The number of hydrogen-bond donors (Lipinski definition) is 2. The van der Waals surface area contributed by atoms with Gasteiger partial charge in [-0.15, -0.1) is 0 Å². The molecule has 0 radical (unpaired) electrons. The van der Waals surface area contributed by atoms with Crippen molar-refractivity contribution in [3.05, 3.63) is 11.6 Å². The summed E-state index contributed by atoms with van der Waals surface area (Å²) >= 11 is -1.32. The third-order valence-corrected chi connectivity index (χ3v) is 2.38. The lowest BCUT2D eigenvalue weighted by Crippen LogP contribution is -2.13. The molecule has 0 aliphatic carbocycles.